The van der Waals surface area contributed by atoms with Gasteiger partial charge in [0.15, 0.2) is 0 Å². The van der Waals surface area contributed by atoms with E-state index in [-0.39, 0.29) is 23.8 Å². The summed E-state index contributed by atoms with van der Waals surface area (Å²) in [4.78, 5) is 27.6. The summed E-state index contributed by atoms with van der Waals surface area (Å²) < 4.78 is 1.76. The Balaban J connectivity index is 1.87. The number of carbonyl (C=O) groups is 2. The Morgan fingerprint density at radius 2 is 1.82 bits per heavy atom. The molecule has 3 aromatic rings. The molecule has 0 aliphatic carbocycles. The highest BCUT2D eigenvalue weighted by molar-refractivity contribution is 6.31. The number of hydrogen-bond donors (Lipinski definition) is 1. The van der Waals surface area contributed by atoms with Crippen LogP contribution in [0.15, 0.2) is 54.6 Å². The summed E-state index contributed by atoms with van der Waals surface area (Å²) in [6.45, 7) is 10.6. The Morgan fingerprint density at radius 1 is 1.09 bits per heavy atom. The largest absolute Gasteiger partial charge is 0.329 e. The highest BCUT2D eigenvalue weighted by atomic mass is 35.5. The van der Waals surface area contributed by atoms with Crippen LogP contribution in [-0.2, 0) is 10.2 Å². The molecule has 0 atom stereocenters. The van der Waals surface area contributed by atoms with Crippen LogP contribution in [0.25, 0.3) is 5.69 Å². The fourth-order valence-electron chi connectivity index (χ4n) is 3.50. The lowest BCUT2D eigenvalue weighted by Gasteiger charge is -2.22. The van der Waals surface area contributed by atoms with Gasteiger partial charge in [0, 0.05) is 28.6 Å². The van der Waals surface area contributed by atoms with Crippen molar-refractivity contribution in [3.63, 3.8) is 0 Å². The maximum atomic E-state index is 13.1. The van der Waals surface area contributed by atoms with Crippen molar-refractivity contribution < 1.29 is 9.59 Å². The molecule has 1 N–H and O–H groups in total. The first-order valence-electron chi connectivity index (χ1n) is 11.1. The van der Waals surface area contributed by atoms with Crippen LogP contribution in [0.3, 0.4) is 0 Å². The molecule has 2 amide bonds. The molecule has 3 rings (SSSR count). The third kappa shape index (κ3) is 6.02. The van der Waals surface area contributed by atoms with E-state index in [1.54, 1.807) is 33.8 Å². The Morgan fingerprint density at radius 3 is 2.45 bits per heavy atom. The van der Waals surface area contributed by atoms with Gasteiger partial charge in [0.2, 0.25) is 5.91 Å². The molecular weight excluding hydrogens is 436 g/mol. The van der Waals surface area contributed by atoms with Crippen molar-refractivity contribution in [1.82, 2.24) is 14.7 Å². The zero-order chi connectivity index (χ0) is 24.2. The number of rotatable bonds is 7. The molecule has 0 aliphatic rings. The molecule has 0 radical (unpaired) electrons. The van der Waals surface area contributed by atoms with Crippen LogP contribution < -0.4 is 5.32 Å². The molecule has 0 aliphatic heterocycles. The van der Waals surface area contributed by atoms with Gasteiger partial charge in [-0.05, 0) is 43.2 Å². The first-order chi connectivity index (χ1) is 15.6. The molecular formula is C26H31ClN4O2. The average Bonchev–Trinajstić information content (AvgIpc) is 3.17. The predicted octanol–water partition coefficient (Wildman–Crippen LogP) is 5.62. The van der Waals surface area contributed by atoms with E-state index in [4.69, 9.17) is 16.7 Å². The number of amides is 2. The van der Waals surface area contributed by atoms with Crippen LogP contribution in [0.2, 0.25) is 5.02 Å². The van der Waals surface area contributed by atoms with Gasteiger partial charge in [0.05, 0.1) is 11.4 Å². The number of benzene rings is 2. The number of aryl methyl sites for hydroxylation is 1. The van der Waals surface area contributed by atoms with E-state index in [0.29, 0.717) is 22.9 Å². The Bertz CT molecular complexity index is 1150. The number of nitrogens with one attached hydrogen (secondary N) is 1. The van der Waals surface area contributed by atoms with E-state index in [1.807, 2.05) is 44.2 Å². The van der Waals surface area contributed by atoms with Crippen LogP contribution in [0.1, 0.15) is 55.7 Å². The Labute approximate surface area is 200 Å². The minimum absolute atomic E-state index is 0.0665. The third-order valence-electron chi connectivity index (χ3n) is 5.28. The second kappa shape index (κ2) is 10.2. The second-order valence-corrected chi connectivity index (χ2v) is 9.58. The minimum atomic E-state index is -0.283. The van der Waals surface area contributed by atoms with Crippen LogP contribution in [0.4, 0.5) is 5.82 Å². The molecule has 33 heavy (non-hydrogen) atoms. The quantitative estimate of drug-likeness (QED) is 0.491. The Hall–Kier alpha value is -3.12. The number of carbonyl (C=O) groups excluding carboxylic acids is 2. The molecule has 0 unspecified atom stereocenters. The molecule has 174 valence electrons. The number of halogens is 1. The summed E-state index contributed by atoms with van der Waals surface area (Å²) in [6, 6.07) is 16.6. The van der Waals surface area contributed by atoms with Crippen LogP contribution >= 0.6 is 11.6 Å². The SMILES string of the molecule is CCCN(CC(=O)Nc1cc(C(C)(C)C)nn1-c1ccccc1C)C(=O)c1cccc(Cl)c1. The van der Waals surface area contributed by atoms with Gasteiger partial charge < -0.3 is 10.2 Å². The van der Waals surface area contributed by atoms with Gasteiger partial charge in [-0.25, -0.2) is 4.68 Å². The zero-order valence-corrected chi connectivity index (χ0v) is 20.6. The third-order valence-corrected chi connectivity index (χ3v) is 5.51. The van der Waals surface area contributed by atoms with Crippen LogP contribution in [0, 0.1) is 6.92 Å². The van der Waals surface area contributed by atoms with E-state index in [0.717, 1.165) is 23.4 Å². The molecule has 6 nitrogen and oxygen atoms in total. The second-order valence-electron chi connectivity index (χ2n) is 9.15. The first kappa shape index (κ1) is 24.5. The summed E-state index contributed by atoms with van der Waals surface area (Å²) in [6.07, 6.45) is 0.731. The van der Waals surface area contributed by atoms with E-state index in [2.05, 4.69) is 26.1 Å². The molecule has 0 spiro atoms. The van der Waals surface area contributed by atoms with Crippen molar-refractivity contribution in [2.45, 2.75) is 46.5 Å². The fourth-order valence-corrected chi connectivity index (χ4v) is 3.69. The summed E-state index contributed by atoms with van der Waals surface area (Å²) in [5.41, 5.74) is 3.07. The molecule has 1 aromatic heterocycles. The normalized spacial score (nSPS) is 11.3. The lowest BCUT2D eigenvalue weighted by Crippen LogP contribution is -2.38. The number of para-hydroxylation sites is 1. The topological polar surface area (TPSA) is 67.2 Å². The van der Waals surface area contributed by atoms with Crippen molar-refractivity contribution in [1.29, 1.82) is 0 Å². The maximum absolute atomic E-state index is 13.1. The van der Waals surface area contributed by atoms with Crippen molar-refractivity contribution in [2.24, 2.45) is 0 Å². The molecule has 0 saturated carbocycles. The number of anilines is 1. The minimum Gasteiger partial charge on any atom is -0.329 e. The molecule has 0 fully saturated rings. The predicted molar refractivity (Wildman–Crippen MR) is 133 cm³/mol. The molecule has 7 heteroatoms. The number of nitrogens with zero attached hydrogens (tertiary/aromatic N) is 3. The molecule has 0 saturated heterocycles. The molecule has 2 aromatic carbocycles. The van der Waals surface area contributed by atoms with Gasteiger partial charge in [0.1, 0.15) is 12.4 Å². The van der Waals surface area contributed by atoms with Crippen molar-refractivity contribution in [3.05, 3.63) is 76.4 Å². The summed E-state index contributed by atoms with van der Waals surface area (Å²) in [7, 11) is 0. The summed E-state index contributed by atoms with van der Waals surface area (Å²) in [5, 5.41) is 8.24. The van der Waals surface area contributed by atoms with Crippen molar-refractivity contribution in [3.8, 4) is 5.69 Å². The first-order valence-corrected chi connectivity index (χ1v) is 11.5. The molecule has 1 heterocycles. The lowest BCUT2D eigenvalue weighted by molar-refractivity contribution is -0.116. The van der Waals surface area contributed by atoms with E-state index >= 15 is 0 Å². The van der Waals surface area contributed by atoms with E-state index in [9.17, 15) is 9.59 Å². The summed E-state index contributed by atoms with van der Waals surface area (Å²) >= 11 is 6.05. The maximum Gasteiger partial charge on any atom is 0.254 e. The van der Waals surface area contributed by atoms with E-state index < -0.39 is 0 Å². The highest BCUT2D eigenvalue weighted by Gasteiger charge is 2.23. The van der Waals surface area contributed by atoms with Gasteiger partial charge in [-0.2, -0.15) is 5.10 Å². The van der Waals surface area contributed by atoms with Crippen molar-refractivity contribution in [2.75, 3.05) is 18.4 Å². The number of hydrogen-bond acceptors (Lipinski definition) is 3. The lowest BCUT2D eigenvalue weighted by atomic mass is 9.92. The van der Waals surface area contributed by atoms with Crippen LogP contribution in [-0.4, -0.2) is 39.6 Å². The summed E-state index contributed by atoms with van der Waals surface area (Å²) in [5.74, 6) is 0.0668. The average molecular weight is 467 g/mol. The molecule has 0 bridgehead atoms. The van der Waals surface area contributed by atoms with Gasteiger partial charge in [-0.3, -0.25) is 9.59 Å². The highest BCUT2D eigenvalue weighted by Crippen LogP contribution is 2.27. The monoisotopic (exact) mass is 466 g/mol. The van der Waals surface area contributed by atoms with Crippen molar-refractivity contribution >= 4 is 29.2 Å². The van der Waals surface area contributed by atoms with E-state index in [1.165, 1.54) is 0 Å². The van der Waals surface area contributed by atoms with Gasteiger partial charge in [-0.15, -0.1) is 0 Å². The van der Waals surface area contributed by atoms with Gasteiger partial charge in [-0.1, -0.05) is 63.6 Å². The fraction of sp³-hybridized carbons (Fsp3) is 0.346. The smallest absolute Gasteiger partial charge is 0.254 e. The van der Waals surface area contributed by atoms with Gasteiger partial charge in [0.25, 0.3) is 5.91 Å². The standard InChI is InChI=1S/C26H31ClN4O2/c1-6-14-30(25(33)19-11-9-12-20(27)15-19)17-24(32)28-23-16-22(26(3,4)5)29-31(23)21-13-8-7-10-18(21)2/h7-13,15-16H,6,14,17H2,1-5H3,(H,28,32). The zero-order valence-electron chi connectivity index (χ0n) is 19.9. The Kier molecular flexibility index (Phi) is 7.59. The van der Waals surface area contributed by atoms with Crippen LogP contribution in [0.5, 0.6) is 0 Å². The number of aromatic nitrogens is 2. The van der Waals surface area contributed by atoms with Gasteiger partial charge >= 0.3 is 0 Å².